The lowest BCUT2D eigenvalue weighted by atomic mass is 10.2. The lowest BCUT2D eigenvalue weighted by Gasteiger charge is -2.24. The number of hydrogen-bond acceptors (Lipinski definition) is 3. The second-order valence-corrected chi connectivity index (χ2v) is 6.27. The topological polar surface area (TPSA) is 59.4 Å². The number of urea groups is 1. The van der Waals surface area contributed by atoms with Crippen molar-refractivity contribution in [2.24, 2.45) is 0 Å². The highest BCUT2D eigenvalue weighted by atomic mass is 35.5. The highest BCUT2D eigenvalue weighted by Gasteiger charge is 2.22. The van der Waals surface area contributed by atoms with Crippen molar-refractivity contribution in [2.75, 3.05) is 13.2 Å². The molecule has 0 bridgehead atoms. The Morgan fingerprint density at radius 1 is 1.50 bits per heavy atom. The average molecular weight is 349 g/mol. The first kappa shape index (κ1) is 16.6. The van der Waals surface area contributed by atoms with Crippen molar-refractivity contribution in [1.82, 2.24) is 19.8 Å². The molecule has 0 spiro atoms. The van der Waals surface area contributed by atoms with E-state index in [0.29, 0.717) is 31.3 Å². The van der Waals surface area contributed by atoms with E-state index in [4.69, 9.17) is 16.3 Å². The van der Waals surface area contributed by atoms with Gasteiger partial charge in [0.15, 0.2) is 0 Å². The lowest BCUT2D eigenvalue weighted by Crippen LogP contribution is -2.46. The van der Waals surface area contributed by atoms with Gasteiger partial charge < -0.3 is 19.5 Å². The van der Waals surface area contributed by atoms with Crippen molar-refractivity contribution < 1.29 is 9.53 Å². The van der Waals surface area contributed by atoms with Gasteiger partial charge in [-0.1, -0.05) is 18.5 Å². The molecule has 2 amide bonds. The third-order valence-electron chi connectivity index (χ3n) is 4.10. The number of nitrogens with zero attached hydrogens (tertiary/aromatic N) is 3. The van der Waals surface area contributed by atoms with Crippen LogP contribution in [0, 0.1) is 0 Å². The van der Waals surface area contributed by atoms with Gasteiger partial charge in [-0.3, -0.25) is 0 Å². The molecule has 1 aliphatic rings. The van der Waals surface area contributed by atoms with Crippen LogP contribution in [0.3, 0.4) is 0 Å². The van der Waals surface area contributed by atoms with E-state index >= 15 is 0 Å². The summed E-state index contributed by atoms with van der Waals surface area (Å²) in [5.41, 5.74) is 0.929. The molecule has 1 aliphatic heterocycles. The largest absolute Gasteiger partial charge is 0.491 e. The van der Waals surface area contributed by atoms with Crippen molar-refractivity contribution in [3.05, 3.63) is 47.5 Å². The van der Waals surface area contributed by atoms with Crippen LogP contribution in [0.15, 0.2) is 36.9 Å². The van der Waals surface area contributed by atoms with E-state index in [1.54, 1.807) is 23.5 Å². The number of amides is 2. The van der Waals surface area contributed by atoms with Crippen LogP contribution in [-0.4, -0.2) is 39.7 Å². The zero-order valence-corrected chi connectivity index (χ0v) is 14.4. The predicted molar refractivity (Wildman–Crippen MR) is 92.2 cm³/mol. The highest BCUT2D eigenvalue weighted by Crippen LogP contribution is 2.26. The van der Waals surface area contributed by atoms with Gasteiger partial charge in [0.05, 0.1) is 19.4 Å². The summed E-state index contributed by atoms with van der Waals surface area (Å²) in [4.78, 5) is 18.4. The van der Waals surface area contributed by atoms with Crippen LogP contribution in [0.25, 0.3) is 0 Å². The summed E-state index contributed by atoms with van der Waals surface area (Å²) in [6.45, 7) is 4.26. The second kappa shape index (κ2) is 7.57. The monoisotopic (exact) mass is 348 g/mol. The normalized spacial score (nSPS) is 15.2. The van der Waals surface area contributed by atoms with E-state index < -0.39 is 0 Å². The van der Waals surface area contributed by atoms with Crippen LogP contribution in [-0.2, 0) is 13.1 Å². The molecule has 2 heterocycles. The van der Waals surface area contributed by atoms with E-state index in [2.05, 4.69) is 17.2 Å². The minimum atomic E-state index is -0.0848. The number of halogens is 1. The van der Waals surface area contributed by atoms with E-state index in [1.807, 2.05) is 22.9 Å². The number of fused-ring (bicyclic) bond motifs is 1. The first-order valence-corrected chi connectivity index (χ1v) is 8.46. The Morgan fingerprint density at radius 3 is 3.12 bits per heavy atom. The van der Waals surface area contributed by atoms with E-state index in [9.17, 15) is 4.79 Å². The molecular formula is C17H21ClN4O2. The Kier molecular flexibility index (Phi) is 5.25. The number of nitrogens with one attached hydrogen (secondary N) is 1. The van der Waals surface area contributed by atoms with Crippen LogP contribution >= 0.6 is 11.6 Å². The number of aromatic nitrogens is 2. The second-order valence-electron chi connectivity index (χ2n) is 5.84. The zero-order valence-electron chi connectivity index (χ0n) is 13.6. The quantitative estimate of drug-likeness (QED) is 0.924. The summed E-state index contributed by atoms with van der Waals surface area (Å²) >= 11 is 6.06. The molecule has 128 valence electrons. The Morgan fingerprint density at radius 2 is 2.38 bits per heavy atom. The maximum absolute atomic E-state index is 12.6. The van der Waals surface area contributed by atoms with E-state index in [1.165, 1.54) is 0 Å². The minimum Gasteiger partial charge on any atom is -0.491 e. The van der Waals surface area contributed by atoms with Gasteiger partial charge in [0.2, 0.25) is 0 Å². The molecule has 0 aliphatic carbocycles. The minimum absolute atomic E-state index is 0.0507. The van der Waals surface area contributed by atoms with Crippen molar-refractivity contribution >= 4 is 17.6 Å². The summed E-state index contributed by atoms with van der Waals surface area (Å²) < 4.78 is 7.68. The van der Waals surface area contributed by atoms with Gasteiger partial charge >= 0.3 is 6.03 Å². The molecule has 0 saturated heterocycles. The number of imidazole rings is 1. The van der Waals surface area contributed by atoms with Gasteiger partial charge in [-0.2, -0.15) is 0 Å². The summed E-state index contributed by atoms with van der Waals surface area (Å²) in [6, 6.07) is 5.47. The molecule has 6 nitrogen and oxygen atoms in total. The average Bonchev–Trinajstić information content (AvgIpc) is 2.98. The van der Waals surface area contributed by atoms with Crippen molar-refractivity contribution in [3.63, 3.8) is 0 Å². The fraction of sp³-hybridized carbons (Fsp3) is 0.412. The Labute approximate surface area is 146 Å². The van der Waals surface area contributed by atoms with Crippen LogP contribution in [0.1, 0.15) is 18.9 Å². The van der Waals surface area contributed by atoms with E-state index in [0.717, 1.165) is 17.7 Å². The molecule has 1 N–H and O–H groups in total. The van der Waals surface area contributed by atoms with Crippen molar-refractivity contribution in [2.45, 2.75) is 32.5 Å². The summed E-state index contributed by atoms with van der Waals surface area (Å²) in [5.74, 6) is 0.792. The van der Waals surface area contributed by atoms with Crippen molar-refractivity contribution in [3.8, 4) is 5.75 Å². The Balaban J connectivity index is 1.65. The van der Waals surface area contributed by atoms with E-state index in [-0.39, 0.29) is 12.1 Å². The molecule has 1 aromatic heterocycles. The zero-order chi connectivity index (χ0) is 16.9. The third-order valence-corrected chi connectivity index (χ3v) is 4.34. The summed E-state index contributed by atoms with van der Waals surface area (Å²) in [6.07, 6.45) is 6.23. The van der Waals surface area contributed by atoms with Crippen LogP contribution in [0.2, 0.25) is 5.02 Å². The standard InChI is InChI=1S/C17H21ClN4O2/c1-2-15(11-21-6-5-19-12-21)20-17(23)22-7-8-24-16-4-3-14(18)9-13(16)10-22/h3-6,9,12,15H,2,7-8,10-11H2,1H3,(H,20,23). The maximum Gasteiger partial charge on any atom is 0.318 e. The molecule has 7 heteroatoms. The maximum atomic E-state index is 12.6. The van der Waals surface area contributed by atoms with Gasteiger partial charge in [-0.15, -0.1) is 0 Å². The van der Waals surface area contributed by atoms with Crippen LogP contribution < -0.4 is 10.1 Å². The smallest absolute Gasteiger partial charge is 0.318 e. The van der Waals surface area contributed by atoms with Gasteiger partial charge in [-0.25, -0.2) is 9.78 Å². The van der Waals surface area contributed by atoms with Gasteiger partial charge in [-0.05, 0) is 24.6 Å². The number of carbonyl (C=O) groups is 1. The molecule has 24 heavy (non-hydrogen) atoms. The van der Waals surface area contributed by atoms with Gasteiger partial charge in [0.1, 0.15) is 12.4 Å². The molecule has 3 rings (SSSR count). The fourth-order valence-electron chi connectivity index (χ4n) is 2.73. The van der Waals surface area contributed by atoms with Gasteiger partial charge in [0.25, 0.3) is 0 Å². The molecular weight excluding hydrogens is 328 g/mol. The molecule has 1 atom stereocenters. The third kappa shape index (κ3) is 4.00. The first-order valence-electron chi connectivity index (χ1n) is 8.08. The molecule has 0 saturated carbocycles. The molecule has 0 radical (unpaired) electrons. The van der Waals surface area contributed by atoms with Gasteiger partial charge in [0, 0.05) is 35.6 Å². The van der Waals surface area contributed by atoms with Crippen molar-refractivity contribution in [1.29, 1.82) is 0 Å². The Hall–Kier alpha value is -2.21. The lowest BCUT2D eigenvalue weighted by molar-refractivity contribution is 0.182. The number of rotatable bonds is 4. The number of hydrogen-bond donors (Lipinski definition) is 1. The molecule has 1 unspecified atom stereocenters. The molecule has 2 aromatic rings. The Bertz CT molecular complexity index is 690. The summed E-state index contributed by atoms with van der Waals surface area (Å²) in [7, 11) is 0. The fourth-order valence-corrected chi connectivity index (χ4v) is 2.92. The highest BCUT2D eigenvalue weighted by molar-refractivity contribution is 6.30. The number of benzene rings is 1. The van der Waals surface area contributed by atoms with Crippen LogP contribution in [0.5, 0.6) is 5.75 Å². The predicted octanol–water partition coefficient (Wildman–Crippen LogP) is 2.92. The SMILES string of the molecule is CCC(Cn1ccnc1)NC(=O)N1CCOc2ccc(Cl)cc2C1. The van der Waals surface area contributed by atoms with Crippen LogP contribution in [0.4, 0.5) is 4.79 Å². The summed E-state index contributed by atoms with van der Waals surface area (Å²) in [5, 5.41) is 3.74. The molecule has 0 fully saturated rings. The number of ether oxygens (including phenoxy) is 1. The molecule has 1 aromatic carbocycles. The first-order chi connectivity index (χ1) is 11.7. The number of carbonyl (C=O) groups excluding carboxylic acids is 1.